The summed E-state index contributed by atoms with van der Waals surface area (Å²) in [5.74, 6) is 2.87. The van der Waals surface area contributed by atoms with Crippen molar-refractivity contribution in [2.75, 3.05) is 93.1 Å². The third-order valence-corrected chi connectivity index (χ3v) is 8.49. The van der Waals surface area contributed by atoms with Crippen LogP contribution in [-0.2, 0) is 14.3 Å². The number of morpholine rings is 2. The average Bonchev–Trinajstić information content (AvgIpc) is 3.08. The number of allylic oxidation sites excluding steroid dienone is 2. The molecule has 1 aliphatic carbocycles. The Morgan fingerprint density at radius 1 is 0.667 bits per heavy atom. The number of Topliss-reactive ketones (excluding diaryl/α,β-unsaturated/α-hetero) is 1. The van der Waals surface area contributed by atoms with Crippen molar-refractivity contribution in [2.45, 2.75) is 32.1 Å². The van der Waals surface area contributed by atoms with Gasteiger partial charge in [-0.1, -0.05) is 12.1 Å². The summed E-state index contributed by atoms with van der Waals surface area (Å²) in [6, 6.07) is 11.7. The van der Waals surface area contributed by atoms with Gasteiger partial charge in [0.05, 0.1) is 53.9 Å². The van der Waals surface area contributed by atoms with Crippen LogP contribution in [-0.4, -0.2) is 109 Å². The molecule has 244 valence electrons. The Bertz CT molecular complexity index is 1210. The predicted molar refractivity (Wildman–Crippen MR) is 176 cm³/mol. The molecule has 2 aliphatic heterocycles. The van der Waals surface area contributed by atoms with E-state index in [0.29, 0.717) is 24.7 Å². The Morgan fingerprint density at radius 3 is 1.53 bits per heavy atom. The van der Waals surface area contributed by atoms with E-state index >= 15 is 0 Å². The Labute approximate surface area is 267 Å². The minimum atomic E-state index is 0.0889. The molecule has 2 aromatic rings. The fourth-order valence-corrected chi connectivity index (χ4v) is 5.96. The molecular formula is C36H48N2O7. The molecule has 9 nitrogen and oxygen atoms in total. The van der Waals surface area contributed by atoms with Crippen LogP contribution in [0.2, 0.25) is 0 Å². The molecule has 9 heteroatoms. The molecule has 0 spiro atoms. The van der Waals surface area contributed by atoms with Crippen molar-refractivity contribution >= 4 is 17.9 Å². The highest BCUT2D eigenvalue weighted by Gasteiger charge is 2.21. The first kappa shape index (κ1) is 33.0. The lowest BCUT2D eigenvalue weighted by molar-refractivity contribution is -0.112. The number of carbonyl (C=O) groups is 1. The summed E-state index contributed by atoms with van der Waals surface area (Å²) in [6.45, 7) is 10.4. The van der Waals surface area contributed by atoms with E-state index < -0.39 is 0 Å². The summed E-state index contributed by atoms with van der Waals surface area (Å²) in [4.78, 5) is 18.3. The van der Waals surface area contributed by atoms with Crippen LogP contribution in [0.15, 0.2) is 47.5 Å². The SMILES string of the molecule is COc1cc(/C=C2\CCC/C(=C\c3ccc(OCCCN4CCOCC4)c(OC)c3)C2=O)ccc1OCCCN1CCOCC1. The van der Waals surface area contributed by atoms with Crippen LogP contribution in [0.25, 0.3) is 12.2 Å². The standard InChI is InChI=1S/C36H48N2O7/c1-40-34-26-28(8-10-32(34)44-18-4-12-37-14-20-42-21-15-37)24-30-6-3-7-31(36(30)39)25-29-9-11-33(35(27-29)41-2)45-19-5-13-38-16-22-43-23-17-38/h8-11,24-27H,3-7,12-23H2,1-2H3/b30-24+,31-25+. The smallest absolute Gasteiger partial charge is 0.185 e. The largest absolute Gasteiger partial charge is 0.493 e. The zero-order valence-corrected chi connectivity index (χ0v) is 26.9. The highest BCUT2D eigenvalue weighted by molar-refractivity contribution is 6.14. The molecule has 0 amide bonds. The summed E-state index contributed by atoms with van der Waals surface area (Å²) in [7, 11) is 3.30. The molecular weight excluding hydrogens is 572 g/mol. The third-order valence-electron chi connectivity index (χ3n) is 8.49. The molecule has 3 aliphatic rings. The van der Waals surface area contributed by atoms with Gasteiger partial charge in [-0.15, -0.1) is 0 Å². The fourth-order valence-electron chi connectivity index (χ4n) is 5.96. The maximum absolute atomic E-state index is 13.5. The van der Waals surface area contributed by atoms with E-state index in [-0.39, 0.29) is 5.78 Å². The topological polar surface area (TPSA) is 78.9 Å². The van der Waals surface area contributed by atoms with Gasteiger partial charge in [0.15, 0.2) is 28.8 Å². The molecule has 0 unspecified atom stereocenters. The van der Waals surface area contributed by atoms with Crippen molar-refractivity contribution < 1.29 is 33.2 Å². The lowest BCUT2D eigenvalue weighted by Crippen LogP contribution is -2.37. The summed E-state index contributed by atoms with van der Waals surface area (Å²) in [5.41, 5.74) is 3.46. The highest BCUT2D eigenvalue weighted by atomic mass is 16.5. The number of benzene rings is 2. The van der Waals surface area contributed by atoms with Crippen molar-refractivity contribution in [3.05, 3.63) is 58.7 Å². The monoisotopic (exact) mass is 620 g/mol. The molecule has 0 radical (unpaired) electrons. The van der Waals surface area contributed by atoms with Crippen LogP contribution in [0.3, 0.4) is 0 Å². The van der Waals surface area contributed by atoms with E-state index in [1.54, 1.807) is 14.2 Å². The molecule has 2 aromatic carbocycles. The van der Waals surface area contributed by atoms with Gasteiger partial charge in [-0.3, -0.25) is 14.6 Å². The van der Waals surface area contributed by atoms with Crippen LogP contribution in [0.4, 0.5) is 0 Å². The number of ketones is 1. The minimum Gasteiger partial charge on any atom is -0.493 e. The van der Waals surface area contributed by atoms with Crippen molar-refractivity contribution in [3.63, 3.8) is 0 Å². The van der Waals surface area contributed by atoms with Gasteiger partial charge < -0.3 is 28.4 Å². The molecule has 1 saturated carbocycles. The number of methoxy groups -OCH3 is 2. The Balaban J connectivity index is 1.17. The molecule has 0 atom stereocenters. The molecule has 2 heterocycles. The number of carbonyl (C=O) groups excluding carboxylic acids is 1. The maximum atomic E-state index is 13.5. The van der Waals surface area contributed by atoms with Gasteiger partial charge in [-0.05, 0) is 79.6 Å². The van der Waals surface area contributed by atoms with E-state index in [1.165, 1.54) is 0 Å². The fraction of sp³-hybridized carbons (Fsp3) is 0.528. The first-order valence-corrected chi connectivity index (χ1v) is 16.3. The number of hydrogen-bond donors (Lipinski definition) is 0. The lowest BCUT2D eigenvalue weighted by Gasteiger charge is -2.26. The third kappa shape index (κ3) is 9.81. The quantitative estimate of drug-likeness (QED) is 0.211. The number of nitrogens with zero attached hydrogens (tertiary/aromatic N) is 2. The number of ether oxygens (including phenoxy) is 6. The summed E-state index contributed by atoms with van der Waals surface area (Å²) in [6.07, 6.45) is 8.26. The van der Waals surface area contributed by atoms with Gasteiger partial charge in [0, 0.05) is 50.4 Å². The molecule has 0 bridgehead atoms. The van der Waals surface area contributed by atoms with E-state index in [4.69, 9.17) is 28.4 Å². The van der Waals surface area contributed by atoms with Gasteiger partial charge in [0.25, 0.3) is 0 Å². The average molecular weight is 621 g/mol. The van der Waals surface area contributed by atoms with Crippen LogP contribution in [0, 0.1) is 0 Å². The molecule has 0 N–H and O–H groups in total. The highest BCUT2D eigenvalue weighted by Crippen LogP contribution is 2.34. The van der Waals surface area contributed by atoms with Crippen molar-refractivity contribution in [2.24, 2.45) is 0 Å². The Hall–Kier alpha value is -3.37. The molecule has 3 fully saturated rings. The van der Waals surface area contributed by atoms with Crippen molar-refractivity contribution in [1.29, 1.82) is 0 Å². The molecule has 0 aromatic heterocycles. The lowest BCUT2D eigenvalue weighted by atomic mass is 9.87. The van der Waals surface area contributed by atoms with Crippen molar-refractivity contribution in [1.82, 2.24) is 9.80 Å². The number of hydrogen-bond acceptors (Lipinski definition) is 9. The molecule has 5 rings (SSSR count). The van der Waals surface area contributed by atoms with E-state index in [1.807, 2.05) is 48.6 Å². The van der Waals surface area contributed by atoms with Gasteiger partial charge in [0.1, 0.15) is 0 Å². The van der Waals surface area contributed by atoms with Gasteiger partial charge in [-0.2, -0.15) is 0 Å². The van der Waals surface area contributed by atoms with Gasteiger partial charge >= 0.3 is 0 Å². The minimum absolute atomic E-state index is 0.0889. The van der Waals surface area contributed by atoms with E-state index in [9.17, 15) is 4.79 Å². The predicted octanol–water partition coefficient (Wildman–Crippen LogP) is 5.13. The summed E-state index contributed by atoms with van der Waals surface area (Å²) < 4.78 is 34.2. The maximum Gasteiger partial charge on any atom is 0.185 e. The normalized spacial score (nSPS) is 20.0. The van der Waals surface area contributed by atoms with Crippen molar-refractivity contribution in [3.8, 4) is 23.0 Å². The second-order valence-corrected chi connectivity index (χ2v) is 11.7. The summed E-state index contributed by atoms with van der Waals surface area (Å²) in [5, 5.41) is 0. The zero-order valence-electron chi connectivity index (χ0n) is 26.9. The zero-order chi connectivity index (χ0) is 31.3. The van der Waals surface area contributed by atoms with E-state index in [0.717, 1.165) is 132 Å². The first-order chi connectivity index (χ1) is 22.1. The van der Waals surface area contributed by atoms with Crippen LogP contribution < -0.4 is 18.9 Å². The second kappa shape index (κ2) is 17.4. The Kier molecular flexibility index (Phi) is 12.7. The van der Waals surface area contributed by atoms with Gasteiger partial charge in [0.2, 0.25) is 0 Å². The van der Waals surface area contributed by atoms with Crippen LogP contribution >= 0.6 is 0 Å². The second-order valence-electron chi connectivity index (χ2n) is 11.7. The van der Waals surface area contributed by atoms with E-state index in [2.05, 4.69) is 9.80 Å². The van der Waals surface area contributed by atoms with Crippen LogP contribution in [0.5, 0.6) is 23.0 Å². The first-order valence-electron chi connectivity index (χ1n) is 16.3. The van der Waals surface area contributed by atoms with Gasteiger partial charge in [-0.25, -0.2) is 0 Å². The number of rotatable bonds is 14. The Morgan fingerprint density at radius 2 is 1.11 bits per heavy atom. The van der Waals surface area contributed by atoms with Crippen LogP contribution in [0.1, 0.15) is 43.2 Å². The molecule has 45 heavy (non-hydrogen) atoms. The molecule has 2 saturated heterocycles. The summed E-state index contributed by atoms with van der Waals surface area (Å²) >= 11 is 0.